The molecule has 0 heterocycles. The number of rotatable bonds is 2. The topological polar surface area (TPSA) is 81.4 Å². The Morgan fingerprint density at radius 1 is 1.38 bits per heavy atom. The van der Waals surface area contributed by atoms with Gasteiger partial charge in [-0.15, -0.1) is 0 Å². The molecule has 7 heteroatoms. The second-order valence-electron chi connectivity index (χ2n) is 2.75. The Morgan fingerprint density at radius 2 is 2.00 bits per heavy atom. The highest BCUT2D eigenvalue weighted by Crippen LogP contribution is 2.28. The molecule has 0 unspecified atom stereocenters. The fourth-order valence-electron chi connectivity index (χ4n) is 1.10. The molecule has 16 heavy (non-hydrogen) atoms. The summed E-state index contributed by atoms with van der Waals surface area (Å²) in [4.78, 5) is 22.7. The van der Waals surface area contributed by atoms with Gasteiger partial charge in [0.15, 0.2) is 0 Å². The molecule has 0 atom stereocenters. The molecule has 86 valence electrons. The van der Waals surface area contributed by atoms with Gasteiger partial charge in [0.1, 0.15) is 0 Å². The van der Waals surface area contributed by atoms with E-state index in [1.165, 1.54) is 19.2 Å². The van der Waals surface area contributed by atoms with Gasteiger partial charge >= 0.3 is 5.97 Å². The van der Waals surface area contributed by atoms with E-state index in [1.807, 2.05) is 5.43 Å². The van der Waals surface area contributed by atoms with Gasteiger partial charge in [0.25, 0.3) is 5.91 Å². The van der Waals surface area contributed by atoms with E-state index in [4.69, 9.17) is 29.0 Å². The highest BCUT2D eigenvalue weighted by atomic mass is 35.5. The maximum Gasteiger partial charge on any atom is 0.339 e. The van der Waals surface area contributed by atoms with E-state index in [2.05, 4.69) is 4.74 Å². The third-order valence-electron chi connectivity index (χ3n) is 1.85. The predicted molar refractivity (Wildman–Crippen MR) is 59.5 cm³/mol. The Morgan fingerprint density at radius 3 is 2.50 bits per heavy atom. The third kappa shape index (κ3) is 2.27. The predicted octanol–water partition coefficient (Wildman–Crippen LogP) is 1.38. The van der Waals surface area contributed by atoms with E-state index in [9.17, 15) is 9.59 Å². The van der Waals surface area contributed by atoms with Gasteiger partial charge in [-0.2, -0.15) is 0 Å². The van der Waals surface area contributed by atoms with Crippen LogP contribution in [0.1, 0.15) is 20.7 Å². The second kappa shape index (κ2) is 5.16. The van der Waals surface area contributed by atoms with Crippen LogP contribution in [0.2, 0.25) is 10.0 Å². The van der Waals surface area contributed by atoms with Crippen molar-refractivity contribution in [2.75, 3.05) is 7.11 Å². The fourth-order valence-corrected chi connectivity index (χ4v) is 1.72. The molecule has 5 nitrogen and oxygen atoms in total. The fraction of sp³-hybridized carbons (Fsp3) is 0.111. The van der Waals surface area contributed by atoms with Crippen molar-refractivity contribution >= 4 is 35.1 Å². The number of hydrogen-bond acceptors (Lipinski definition) is 4. The first-order chi connectivity index (χ1) is 7.52. The van der Waals surface area contributed by atoms with Gasteiger partial charge in [-0.3, -0.25) is 10.2 Å². The van der Waals surface area contributed by atoms with Crippen LogP contribution >= 0.6 is 23.2 Å². The Balaban J connectivity index is 3.38. The van der Waals surface area contributed by atoms with Crippen LogP contribution in [0.5, 0.6) is 0 Å². The minimum atomic E-state index is -0.680. The summed E-state index contributed by atoms with van der Waals surface area (Å²) in [5.41, 5.74) is 1.87. The second-order valence-corrected chi connectivity index (χ2v) is 3.53. The lowest BCUT2D eigenvalue weighted by Crippen LogP contribution is -2.30. The van der Waals surface area contributed by atoms with Crippen molar-refractivity contribution in [3.63, 3.8) is 0 Å². The van der Waals surface area contributed by atoms with Crippen molar-refractivity contribution in [2.24, 2.45) is 5.84 Å². The largest absolute Gasteiger partial charge is 0.465 e. The summed E-state index contributed by atoms with van der Waals surface area (Å²) in [5.74, 6) is 3.63. The zero-order valence-corrected chi connectivity index (χ0v) is 9.72. The van der Waals surface area contributed by atoms with Crippen molar-refractivity contribution in [3.05, 3.63) is 33.3 Å². The van der Waals surface area contributed by atoms with E-state index in [0.717, 1.165) is 0 Å². The highest BCUT2D eigenvalue weighted by Gasteiger charge is 2.20. The molecule has 1 amide bonds. The molecule has 0 bridgehead atoms. The van der Waals surface area contributed by atoms with Gasteiger partial charge in [-0.05, 0) is 12.1 Å². The molecule has 1 aromatic carbocycles. The third-order valence-corrected chi connectivity index (χ3v) is 2.56. The summed E-state index contributed by atoms with van der Waals surface area (Å²) in [5, 5.41) is 0.00269. The first-order valence-electron chi connectivity index (χ1n) is 4.10. The van der Waals surface area contributed by atoms with Gasteiger partial charge in [0.05, 0.1) is 28.3 Å². The molecule has 0 radical (unpaired) electrons. The summed E-state index contributed by atoms with van der Waals surface area (Å²) in [7, 11) is 1.20. The Kier molecular flexibility index (Phi) is 4.12. The number of carbonyl (C=O) groups is 2. The molecule has 0 fully saturated rings. The zero-order chi connectivity index (χ0) is 12.3. The Hall–Kier alpha value is -1.30. The van der Waals surface area contributed by atoms with Gasteiger partial charge in [0, 0.05) is 0 Å². The number of benzene rings is 1. The summed E-state index contributed by atoms with van der Waals surface area (Å²) in [6, 6.07) is 2.73. The van der Waals surface area contributed by atoms with Gasteiger partial charge in [-0.1, -0.05) is 23.2 Å². The summed E-state index contributed by atoms with van der Waals surface area (Å²) in [6.07, 6.45) is 0. The number of hydrogen-bond donors (Lipinski definition) is 2. The molecule has 0 saturated heterocycles. The van der Waals surface area contributed by atoms with Crippen LogP contribution in [0.25, 0.3) is 0 Å². The van der Waals surface area contributed by atoms with Crippen LogP contribution < -0.4 is 11.3 Å². The summed E-state index contributed by atoms with van der Waals surface area (Å²) < 4.78 is 4.50. The van der Waals surface area contributed by atoms with Crippen LogP contribution in [0.3, 0.4) is 0 Å². The molecule has 0 aliphatic heterocycles. The number of methoxy groups -OCH3 is 1. The monoisotopic (exact) mass is 262 g/mol. The lowest BCUT2D eigenvalue weighted by molar-refractivity contribution is 0.0601. The number of carbonyl (C=O) groups excluding carboxylic acids is 2. The van der Waals surface area contributed by atoms with Crippen LogP contribution in [0.4, 0.5) is 0 Å². The van der Waals surface area contributed by atoms with E-state index in [1.54, 1.807) is 0 Å². The molecule has 3 N–H and O–H groups in total. The van der Waals surface area contributed by atoms with Crippen LogP contribution in [0, 0.1) is 0 Å². The lowest BCUT2D eigenvalue weighted by Gasteiger charge is -2.08. The first-order valence-corrected chi connectivity index (χ1v) is 4.85. The number of nitrogens with one attached hydrogen (secondary N) is 1. The average molecular weight is 263 g/mol. The van der Waals surface area contributed by atoms with E-state index >= 15 is 0 Å². The Labute approximate surface area is 101 Å². The molecule has 0 saturated carbocycles. The molecule has 0 spiro atoms. The molecular formula is C9H8Cl2N2O3. The van der Waals surface area contributed by atoms with E-state index in [0.29, 0.717) is 0 Å². The van der Waals surface area contributed by atoms with E-state index < -0.39 is 11.9 Å². The minimum Gasteiger partial charge on any atom is -0.465 e. The molecule has 1 rings (SSSR count). The van der Waals surface area contributed by atoms with E-state index in [-0.39, 0.29) is 21.2 Å². The van der Waals surface area contributed by atoms with Crippen molar-refractivity contribution in [2.45, 2.75) is 0 Å². The standard InChI is InChI=1S/C9H8Cl2N2O3/c1-16-9(15)4-2-3-5(10)6(7(4)11)8(14)13-12/h2-3H,12H2,1H3,(H,13,14). The van der Waals surface area contributed by atoms with Crippen molar-refractivity contribution in [1.82, 2.24) is 5.43 Å². The SMILES string of the molecule is COC(=O)c1ccc(Cl)c(C(=O)NN)c1Cl. The van der Waals surface area contributed by atoms with Gasteiger partial charge in [0.2, 0.25) is 0 Å². The number of nitrogen functional groups attached to an aromatic ring is 1. The molecule has 1 aromatic rings. The quantitative estimate of drug-likeness (QED) is 0.365. The number of halogens is 2. The number of esters is 1. The van der Waals surface area contributed by atoms with Gasteiger partial charge in [-0.25, -0.2) is 10.6 Å². The lowest BCUT2D eigenvalue weighted by atomic mass is 10.1. The number of ether oxygens (including phenoxy) is 1. The molecular weight excluding hydrogens is 255 g/mol. The van der Waals surface area contributed by atoms with Gasteiger partial charge < -0.3 is 4.74 Å². The maximum atomic E-state index is 11.4. The zero-order valence-electron chi connectivity index (χ0n) is 8.21. The molecule has 0 aliphatic carbocycles. The van der Waals surface area contributed by atoms with Crippen molar-refractivity contribution in [1.29, 1.82) is 0 Å². The summed E-state index contributed by atoms with van der Waals surface area (Å²) >= 11 is 11.6. The molecule has 0 aromatic heterocycles. The number of amides is 1. The average Bonchev–Trinajstić information content (AvgIpc) is 2.28. The highest BCUT2D eigenvalue weighted by molar-refractivity contribution is 6.41. The smallest absolute Gasteiger partial charge is 0.339 e. The minimum absolute atomic E-state index is 0.0483. The van der Waals surface area contributed by atoms with Crippen LogP contribution in [-0.4, -0.2) is 19.0 Å². The number of nitrogens with two attached hydrogens (primary N) is 1. The number of hydrazine groups is 1. The maximum absolute atomic E-state index is 11.4. The van der Waals surface area contributed by atoms with Crippen molar-refractivity contribution < 1.29 is 14.3 Å². The van der Waals surface area contributed by atoms with Crippen LogP contribution in [0.15, 0.2) is 12.1 Å². The Bertz CT molecular complexity index is 449. The first kappa shape index (κ1) is 12.8. The molecule has 0 aliphatic rings. The summed E-state index contributed by atoms with van der Waals surface area (Å²) in [6.45, 7) is 0. The van der Waals surface area contributed by atoms with Crippen molar-refractivity contribution in [3.8, 4) is 0 Å². The van der Waals surface area contributed by atoms with Crippen LogP contribution in [-0.2, 0) is 4.74 Å². The normalized spacial score (nSPS) is 9.75.